The van der Waals surface area contributed by atoms with Crippen LogP contribution in [0.5, 0.6) is 0 Å². The summed E-state index contributed by atoms with van der Waals surface area (Å²) in [5, 5.41) is 20.8. The Morgan fingerprint density at radius 3 is 2.77 bits per heavy atom. The molecule has 1 amide bonds. The van der Waals surface area contributed by atoms with E-state index in [1.165, 1.54) is 23.7 Å². The van der Waals surface area contributed by atoms with Crippen molar-refractivity contribution in [3.8, 4) is 11.4 Å². The molecule has 0 saturated carbocycles. The van der Waals surface area contributed by atoms with Gasteiger partial charge in [-0.3, -0.25) is 15.1 Å². The highest BCUT2D eigenvalue weighted by Crippen LogP contribution is 2.38. The van der Waals surface area contributed by atoms with Gasteiger partial charge in [0.05, 0.1) is 45.7 Å². The summed E-state index contributed by atoms with van der Waals surface area (Å²) in [6.45, 7) is 2.74. The molecule has 1 aliphatic rings. The molecule has 0 atom stereocenters. The van der Waals surface area contributed by atoms with Crippen molar-refractivity contribution in [3.05, 3.63) is 48.4 Å². The number of hydrogen-bond acceptors (Lipinski definition) is 11. The van der Waals surface area contributed by atoms with Crippen molar-refractivity contribution in [1.29, 1.82) is 0 Å². The molecule has 1 aromatic carbocycles. The van der Waals surface area contributed by atoms with Crippen LogP contribution in [0.25, 0.3) is 32.5 Å². The summed E-state index contributed by atoms with van der Waals surface area (Å²) in [5.41, 5.74) is 4.32. The highest BCUT2D eigenvalue weighted by molar-refractivity contribution is 7.23. The maximum absolute atomic E-state index is 11.5. The number of nitrogens with one attached hydrogen (secondary N) is 3. The molecule has 1 aliphatic heterocycles. The molecule has 13 heteroatoms. The molecule has 5 aromatic rings. The number of hydroxylamine groups is 1. The van der Waals surface area contributed by atoms with Crippen LogP contribution in [0.3, 0.4) is 0 Å². The van der Waals surface area contributed by atoms with E-state index in [0.29, 0.717) is 25.0 Å². The van der Waals surface area contributed by atoms with Crippen molar-refractivity contribution < 1.29 is 14.7 Å². The van der Waals surface area contributed by atoms with E-state index in [1.54, 1.807) is 11.7 Å². The summed E-state index contributed by atoms with van der Waals surface area (Å²) in [6, 6.07) is 7.85. The monoisotopic (exact) mass is 489 g/mol. The number of carbonyl (C=O) groups is 1. The molecular formula is C22H19N9O3S. The first-order valence-electron chi connectivity index (χ1n) is 10.8. The number of fused-ring (bicyclic) bond motifs is 2. The second-order valence-corrected chi connectivity index (χ2v) is 8.85. The van der Waals surface area contributed by atoms with E-state index < -0.39 is 5.91 Å². The fourth-order valence-corrected chi connectivity index (χ4v) is 4.94. The molecule has 0 bridgehead atoms. The van der Waals surface area contributed by atoms with E-state index in [4.69, 9.17) is 19.9 Å². The quantitative estimate of drug-likeness (QED) is 0.214. The molecule has 0 spiro atoms. The summed E-state index contributed by atoms with van der Waals surface area (Å²) in [5.74, 6) is 1.10. The number of benzene rings is 1. The number of carbonyl (C=O) groups excluding carboxylic acids is 1. The third kappa shape index (κ3) is 4.01. The van der Waals surface area contributed by atoms with E-state index >= 15 is 0 Å². The van der Waals surface area contributed by atoms with Gasteiger partial charge in [-0.25, -0.2) is 25.4 Å². The highest BCUT2D eigenvalue weighted by atomic mass is 32.1. The Morgan fingerprint density at radius 2 is 1.97 bits per heavy atom. The zero-order valence-corrected chi connectivity index (χ0v) is 19.0. The van der Waals surface area contributed by atoms with Crippen molar-refractivity contribution in [2.24, 2.45) is 0 Å². The summed E-state index contributed by atoms with van der Waals surface area (Å²) in [4.78, 5) is 31.9. The van der Waals surface area contributed by atoms with Gasteiger partial charge in [-0.05, 0) is 12.1 Å². The highest BCUT2D eigenvalue weighted by Gasteiger charge is 2.21. The topological polar surface area (TPSA) is 154 Å². The van der Waals surface area contributed by atoms with Crippen LogP contribution < -0.4 is 15.7 Å². The molecule has 1 fully saturated rings. The van der Waals surface area contributed by atoms with Crippen molar-refractivity contribution in [2.75, 3.05) is 36.5 Å². The van der Waals surface area contributed by atoms with Crippen LogP contribution in [0, 0.1) is 0 Å². The SMILES string of the molecule is O=C(NO)c1cnc(Nc2cc3nc(-c4cccc5[nH]ncc45)nc(N4CCOCC4)c3s2)nc1. The Hall–Kier alpha value is -4.20. The molecule has 0 radical (unpaired) electrons. The van der Waals surface area contributed by atoms with Gasteiger partial charge in [0.25, 0.3) is 5.91 Å². The number of aromatic amines is 1. The maximum atomic E-state index is 11.5. The van der Waals surface area contributed by atoms with Crippen molar-refractivity contribution >= 4 is 55.1 Å². The second-order valence-electron chi connectivity index (χ2n) is 7.79. The van der Waals surface area contributed by atoms with E-state index in [1.807, 2.05) is 24.3 Å². The predicted octanol–water partition coefficient (Wildman–Crippen LogP) is 2.72. The molecule has 1 saturated heterocycles. The second kappa shape index (κ2) is 8.87. The first-order chi connectivity index (χ1) is 17.2. The normalized spacial score (nSPS) is 13.9. The number of hydrogen-bond donors (Lipinski definition) is 4. The minimum Gasteiger partial charge on any atom is -0.378 e. The Kier molecular flexibility index (Phi) is 5.41. The van der Waals surface area contributed by atoms with Crippen LogP contribution in [0.15, 0.2) is 42.9 Å². The zero-order valence-electron chi connectivity index (χ0n) is 18.2. The third-order valence-corrected chi connectivity index (χ3v) is 6.68. The number of nitrogens with zero attached hydrogens (tertiary/aromatic N) is 6. The minimum atomic E-state index is -0.677. The molecule has 5 heterocycles. The van der Waals surface area contributed by atoms with E-state index in [2.05, 4.69) is 30.4 Å². The van der Waals surface area contributed by atoms with Crippen LogP contribution >= 0.6 is 11.3 Å². The molecule has 12 nitrogen and oxygen atoms in total. The third-order valence-electron chi connectivity index (χ3n) is 5.64. The van der Waals surface area contributed by atoms with Gasteiger partial charge in [-0.15, -0.1) is 11.3 Å². The summed E-state index contributed by atoms with van der Waals surface area (Å²) in [7, 11) is 0. The van der Waals surface area contributed by atoms with Crippen LogP contribution in [0.1, 0.15) is 10.4 Å². The predicted molar refractivity (Wildman–Crippen MR) is 130 cm³/mol. The maximum Gasteiger partial charge on any atom is 0.277 e. The standard InChI is InChI=1S/C22H19N9O3S/c32-21(30-33)12-9-23-22(24-10-12)27-17-8-16-18(35-17)20(31-4-6-34-7-5-31)28-19(26-16)13-2-1-3-15-14(13)11-25-29-15/h1-3,8-11,33H,4-7H2,(H,25,29)(H,30,32)(H,23,24,27). The fourth-order valence-electron chi connectivity index (χ4n) is 3.93. The lowest BCUT2D eigenvalue weighted by Crippen LogP contribution is -2.36. The largest absolute Gasteiger partial charge is 0.378 e. The molecule has 35 heavy (non-hydrogen) atoms. The van der Waals surface area contributed by atoms with Gasteiger partial charge in [-0.1, -0.05) is 12.1 Å². The van der Waals surface area contributed by atoms with Crippen molar-refractivity contribution in [2.45, 2.75) is 0 Å². The van der Waals surface area contributed by atoms with Crippen LogP contribution in [-0.2, 0) is 4.74 Å². The van der Waals surface area contributed by atoms with E-state index in [-0.39, 0.29) is 5.56 Å². The molecule has 4 aromatic heterocycles. The number of H-pyrrole nitrogens is 1. The van der Waals surface area contributed by atoms with Crippen molar-refractivity contribution in [1.82, 2.24) is 35.6 Å². The first-order valence-corrected chi connectivity index (χ1v) is 11.6. The molecule has 6 rings (SSSR count). The number of thiophene rings is 1. The molecule has 176 valence electrons. The van der Waals surface area contributed by atoms with Crippen LogP contribution in [-0.4, -0.2) is 67.6 Å². The zero-order chi connectivity index (χ0) is 23.8. The number of aromatic nitrogens is 6. The van der Waals surface area contributed by atoms with Gasteiger partial charge in [0.2, 0.25) is 5.95 Å². The Morgan fingerprint density at radius 1 is 1.14 bits per heavy atom. The first kappa shape index (κ1) is 21.3. The summed E-state index contributed by atoms with van der Waals surface area (Å²) in [6.07, 6.45) is 4.44. The smallest absolute Gasteiger partial charge is 0.277 e. The van der Waals surface area contributed by atoms with Gasteiger partial charge in [-0.2, -0.15) is 5.10 Å². The van der Waals surface area contributed by atoms with Gasteiger partial charge in [0.15, 0.2) is 11.6 Å². The van der Waals surface area contributed by atoms with Crippen LogP contribution in [0.4, 0.5) is 16.8 Å². The number of morpholine rings is 1. The Bertz CT molecular complexity index is 1530. The van der Waals surface area contributed by atoms with Gasteiger partial charge >= 0.3 is 0 Å². The number of amides is 1. The van der Waals surface area contributed by atoms with Crippen molar-refractivity contribution in [3.63, 3.8) is 0 Å². The molecule has 4 N–H and O–H groups in total. The lowest BCUT2D eigenvalue weighted by atomic mass is 10.1. The average Bonchev–Trinajstić information content (AvgIpc) is 3.55. The number of anilines is 3. The van der Waals surface area contributed by atoms with Crippen LogP contribution in [0.2, 0.25) is 0 Å². The summed E-state index contributed by atoms with van der Waals surface area (Å²) >= 11 is 1.50. The Balaban J connectivity index is 1.42. The average molecular weight is 490 g/mol. The minimum absolute atomic E-state index is 0.146. The Labute approximate surface area is 202 Å². The molecule has 0 unspecified atom stereocenters. The number of ether oxygens (including phenoxy) is 1. The number of rotatable bonds is 5. The lowest BCUT2D eigenvalue weighted by molar-refractivity contribution is 0.0705. The van der Waals surface area contributed by atoms with E-state index in [9.17, 15) is 4.79 Å². The molecule has 0 aliphatic carbocycles. The fraction of sp³-hybridized carbons (Fsp3) is 0.182. The van der Waals surface area contributed by atoms with E-state index in [0.717, 1.165) is 50.6 Å². The molecular weight excluding hydrogens is 470 g/mol. The van der Waals surface area contributed by atoms with Gasteiger partial charge < -0.3 is 15.0 Å². The lowest BCUT2D eigenvalue weighted by Gasteiger charge is -2.28. The van der Waals surface area contributed by atoms with Gasteiger partial charge in [0, 0.05) is 36.4 Å². The summed E-state index contributed by atoms with van der Waals surface area (Å²) < 4.78 is 6.49. The van der Waals surface area contributed by atoms with Gasteiger partial charge in [0.1, 0.15) is 0 Å².